The molecule has 1 N–H and O–H groups in total. The second-order valence-corrected chi connectivity index (χ2v) is 6.48. The van der Waals surface area contributed by atoms with Crippen LogP contribution in [0.3, 0.4) is 0 Å². The number of amides is 1. The summed E-state index contributed by atoms with van der Waals surface area (Å²) in [6.07, 6.45) is -7.24. The molecule has 5 nitrogen and oxygen atoms in total. The minimum absolute atomic E-state index is 0.0895. The van der Waals surface area contributed by atoms with Crippen molar-refractivity contribution >= 4 is 35.0 Å². The molecule has 1 amide bonds. The molecule has 0 spiro atoms. The number of benzene rings is 2. The van der Waals surface area contributed by atoms with E-state index in [-0.39, 0.29) is 16.4 Å². The molecule has 0 bridgehead atoms. The maximum absolute atomic E-state index is 13.1. The van der Waals surface area contributed by atoms with E-state index in [9.17, 15) is 22.4 Å². The van der Waals surface area contributed by atoms with Crippen molar-refractivity contribution in [2.75, 3.05) is 11.5 Å². The predicted octanol–water partition coefficient (Wildman–Crippen LogP) is 4.58. The largest absolute Gasteiger partial charge is 0.494 e. The average molecular weight is 440 g/mol. The van der Waals surface area contributed by atoms with Crippen LogP contribution in [0.2, 0.25) is 0 Å². The molecular formula is C20H16F4N2O3S. The van der Waals surface area contributed by atoms with Gasteiger partial charge in [0.1, 0.15) is 17.2 Å². The van der Waals surface area contributed by atoms with E-state index in [2.05, 4.69) is 10.1 Å². The van der Waals surface area contributed by atoms with Crippen molar-refractivity contribution in [3.63, 3.8) is 0 Å². The third-order valence-corrected chi connectivity index (χ3v) is 4.25. The Kier molecular flexibility index (Phi) is 6.25. The zero-order valence-electron chi connectivity index (χ0n) is 15.6. The number of carbonyl (C=O) groups excluding carboxylic acids is 1. The number of carbonyl (C=O) groups is 1. The molecule has 0 aromatic heterocycles. The number of rotatable bonds is 7. The Bertz CT molecular complexity index is 980. The first kappa shape index (κ1) is 21.6. The Balaban J connectivity index is 1.81. The summed E-state index contributed by atoms with van der Waals surface area (Å²) >= 11 is 5.22. The highest BCUT2D eigenvalue weighted by molar-refractivity contribution is 7.80. The molecule has 1 saturated heterocycles. The van der Waals surface area contributed by atoms with Crippen LogP contribution < -0.4 is 19.7 Å². The van der Waals surface area contributed by atoms with Crippen LogP contribution in [-0.4, -0.2) is 30.2 Å². The fourth-order valence-electron chi connectivity index (χ4n) is 2.66. The van der Waals surface area contributed by atoms with Gasteiger partial charge in [0.2, 0.25) is 0 Å². The SMILES string of the molecule is CCOc1ccc(N2C(=O)C(=Cc3cccc(OC(F)(F)C(F)F)c3)NC2=S)cc1. The topological polar surface area (TPSA) is 50.8 Å². The lowest BCUT2D eigenvalue weighted by Crippen LogP contribution is -2.33. The van der Waals surface area contributed by atoms with Crippen LogP contribution >= 0.6 is 12.2 Å². The van der Waals surface area contributed by atoms with Crippen molar-refractivity contribution in [3.8, 4) is 11.5 Å². The van der Waals surface area contributed by atoms with Gasteiger partial charge in [-0.05, 0) is 67.2 Å². The molecule has 3 rings (SSSR count). The molecule has 1 aliphatic heterocycles. The average Bonchev–Trinajstić information content (AvgIpc) is 2.96. The van der Waals surface area contributed by atoms with Crippen molar-refractivity contribution in [3.05, 3.63) is 59.8 Å². The number of anilines is 1. The number of hydrogen-bond donors (Lipinski definition) is 1. The number of alkyl halides is 4. The predicted molar refractivity (Wildman–Crippen MR) is 107 cm³/mol. The van der Waals surface area contributed by atoms with Gasteiger partial charge in [0.25, 0.3) is 5.91 Å². The molecule has 10 heteroatoms. The van der Waals surface area contributed by atoms with Crippen LogP contribution in [0.4, 0.5) is 23.2 Å². The summed E-state index contributed by atoms with van der Waals surface area (Å²) in [5.74, 6) is -0.292. The summed E-state index contributed by atoms with van der Waals surface area (Å²) in [6.45, 7) is 2.35. The van der Waals surface area contributed by atoms with Gasteiger partial charge in [-0.15, -0.1) is 0 Å². The first-order valence-corrected chi connectivity index (χ1v) is 9.17. The van der Waals surface area contributed by atoms with Gasteiger partial charge in [0.05, 0.1) is 12.3 Å². The van der Waals surface area contributed by atoms with Gasteiger partial charge in [0, 0.05) is 0 Å². The number of nitrogens with zero attached hydrogens (tertiary/aromatic N) is 1. The molecule has 1 heterocycles. The van der Waals surface area contributed by atoms with Crippen LogP contribution in [0, 0.1) is 0 Å². The summed E-state index contributed by atoms with van der Waals surface area (Å²) in [5.41, 5.74) is 0.884. The fraction of sp³-hybridized carbons (Fsp3) is 0.200. The van der Waals surface area contributed by atoms with Gasteiger partial charge in [-0.3, -0.25) is 9.69 Å². The van der Waals surface area contributed by atoms with Gasteiger partial charge in [-0.1, -0.05) is 12.1 Å². The molecule has 1 aliphatic rings. The fourth-order valence-corrected chi connectivity index (χ4v) is 2.96. The maximum Gasteiger partial charge on any atom is 0.461 e. The highest BCUT2D eigenvalue weighted by Gasteiger charge is 2.44. The zero-order chi connectivity index (χ0) is 21.9. The molecule has 0 radical (unpaired) electrons. The second kappa shape index (κ2) is 8.70. The third-order valence-electron chi connectivity index (χ3n) is 3.96. The maximum atomic E-state index is 13.1. The first-order chi connectivity index (χ1) is 14.2. The summed E-state index contributed by atoms with van der Waals surface area (Å²) in [5, 5.41) is 2.89. The normalized spacial score (nSPS) is 15.7. The number of halogens is 4. The number of hydrogen-bond acceptors (Lipinski definition) is 4. The molecule has 0 aliphatic carbocycles. The van der Waals surface area contributed by atoms with E-state index in [0.717, 1.165) is 12.1 Å². The quantitative estimate of drug-likeness (QED) is 0.388. The number of ether oxygens (including phenoxy) is 2. The molecule has 0 atom stereocenters. The Morgan fingerprint density at radius 3 is 2.50 bits per heavy atom. The van der Waals surface area contributed by atoms with Gasteiger partial charge in [-0.2, -0.15) is 17.6 Å². The van der Waals surface area contributed by atoms with Gasteiger partial charge in [0.15, 0.2) is 5.11 Å². The number of nitrogens with one attached hydrogen (secondary N) is 1. The van der Waals surface area contributed by atoms with E-state index in [4.69, 9.17) is 17.0 Å². The smallest absolute Gasteiger partial charge is 0.461 e. The first-order valence-electron chi connectivity index (χ1n) is 8.76. The van der Waals surface area contributed by atoms with E-state index >= 15 is 0 Å². The molecule has 0 unspecified atom stereocenters. The van der Waals surface area contributed by atoms with Gasteiger partial charge < -0.3 is 14.8 Å². The van der Waals surface area contributed by atoms with E-state index in [1.54, 1.807) is 24.3 Å². The standard InChI is InChI=1S/C20H16F4N2O3S/c1-2-28-14-8-6-13(7-9-14)26-17(27)16(25-19(26)30)11-12-4-3-5-15(10-12)29-20(23,24)18(21)22/h3-11,18H,2H2,1H3,(H,25,30). The zero-order valence-corrected chi connectivity index (χ0v) is 16.4. The Hall–Kier alpha value is -3.14. The summed E-state index contributed by atoms with van der Waals surface area (Å²) in [6, 6.07) is 11.8. The molecular weight excluding hydrogens is 424 g/mol. The van der Waals surface area contributed by atoms with E-state index < -0.39 is 24.2 Å². The van der Waals surface area contributed by atoms with Crippen LogP contribution in [0.15, 0.2) is 54.2 Å². The summed E-state index contributed by atoms with van der Waals surface area (Å²) in [4.78, 5) is 14.0. The lowest BCUT2D eigenvalue weighted by Gasteiger charge is -2.16. The summed E-state index contributed by atoms with van der Waals surface area (Å²) in [7, 11) is 0. The monoisotopic (exact) mass is 440 g/mol. The van der Waals surface area contributed by atoms with E-state index in [0.29, 0.717) is 18.0 Å². The minimum atomic E-state index is -4.63. The third kappa shape index (κ3) is 4.70. The van der Waals surface area contributed by atoms with E-state index in [1.165, 1.54) is 23.1 Å². The molecule has 30 heavy (non-hydrogen) atoms. The molecule has 1 fully saturated rings. The van der Waals surface area contributed by atoms with Crippen molar-refractivity contribution in [1.29, 1.82) is 0 Å². The van der Waals surface area contributed by atoms with Crippen molar-refractivity contribution in [1.82, 2.24) is 5.32 Å². The van der Waals surface area contributed by atoms with Crippen molar-refractivity contribution in [2.45, 2.75) is 19.5 Å². The van der Waals surface area contributed by atoms with Gasteiger partial charge in [-0.25, -0.2) is 0 Å². The van der Waals surface area contributed by atoms with Crippen LogP contribution in [-0.2, 0) is 4.79 Å². The highest BCUT2D eigenvalue weighted by atomic mass is 32.1. The minimum Gasteiger partial charge on any atom is -0.494 e. The number of thiocarbonyl (C=S) groups is 1. The lowest BCUT2D eigenvalue weighted by molar-refractivity contribution is -0.253. The van der Waals surface area contributed by atoms with Crippen molar-refractivity contribution in [2.24, 2.45) is 0 Å². The lowest BCUT2D eigenvalue weighted by atomic mass is 10.1. The second-order valence-electron chi connectivity index (χ2n) is 6.09. The Labute approximate surface area is 174 Å². The van der Waals surface area contributed by atoms with Crippen molar-refractivity contribution < 1.29 is 31.8 Å². The van der Waals surface area contributed by atoms with Crippen LogP contribution in [0.1, 0.15) is 12.5 Å². The Morgan fingerprint density at radius 1 is 1.17 bits per heavy atom. The molecule has 2 aromatic rings. The van der Waals surface area contributed by atoms with E-state index in [1.807, 2.05) is 6.92 Å². The molecule has 2 aromatic carbocycles. The highest BCUT2D eigenvalue weighted by Crippen LogP contribution is 2.29. The van der Waals surface area contributed by atoms with Gasteiger partial charge >= 0.3 is 12.5 Å². The molecule has 0 saturated carbocycles. The van der Waals surface area contributed by atoms with Crippen LogP contribution in [0.25, 0.3) is 6.08 Å². The summed E-state index contributed by atoms with van der Waals surface area (Å²) < 4.78 is 60.3. The van der Waals surface area contributed by atoms with Crippen LogP contribution in [0.5, 0.6) is 11.5 Å². The Morgan fingerprint density at radius 2 is 1.87 bits per heavy atom. The molecule has 158 valence electrons.